The third-order valence-electron chi connectivity index (χ3n) is 5.92. The van der Waals surface area contributed by atoms with Crippen molar-refractivity contribution in [3.63, 3.8) is 0 Å². The van der Waals surface area contributed by atoms with E-state index in [1.54, 1.807) is 0 Å². The first-order chi connectivity index (χ1) is 14.7. The standard InChI is InChI=1S/C24H33N5O/c1-19-3-7-23(8-4-19)29-12-11-21(18-29)27-24(25-2)26-17-20-5-9-22(10-6-20)28-13-15-30-16-14-28/h3-10,21H,11-18H2,1-2H3,(H2,25,26,27). The first-order valence-corrected chi connectivity index (χ1v) is 10.9. The van der Waals surface area contributed by atoms with Crippen LogP contribution in [0, 0.1) is 6.92 Å². The summed E-state index contributed by atoms with van der Waals surface area (Å²) in [4.78, 5) is 9.24. The molecule has 0 amide bonds. The van der Waals surface area contributed by atoms with Gasteiger partial charge in [0.25, 0.3) is 0 Å². The number of nitrogens with one attached hydrogen (secondary N) is 2. The Morgan fingerprint density at radius 1 is 0.967 bits per heavy atom. The molecule has 1 atom stereocenters. The fraction of sp³-hybridized carbons (Fsp3) is 0.458. The average molecular weight is 408 g/mol. The Morgan fingerprint density at radius 3 is 2.33 bits per heavy atom. The van der Waals surface area contributed by atoms with Crippen LogP contribution in [0.3, 0.4) is 0 Å². The summed E-state index contributed by atoms with van der Waals surface area (Å²) >= 11 is 0. The lowest BCUT2D eigenvalue weighted by Crippen LogP contribution is -2.44. The largest absolute Gasteiger partial charge is 0.378 e. The van der Waals surface area contributed by atoms with Crippen molar-refractivity contribution < 1.29 is 4.74 Å². The minimum absolute atomic E-state index is 0.404. The molecule has 0 radical (unpaired) electrons. The molecule has 2 aromatic rings. The molecule has 2 heterocycles. The predicted octanol–water partition coefficient (Wildman–Crippen LogP) is 2.78. The van der Waals surface area contributed by atoms with Gasteiger partial charge in [-0.3, -0.25) is 4.99 Å². The van der Waals surface area contributed by atoms with Crippen molar-refractivity contribution in [1.82, 2.24) is 10.6 Å². The maximum absolute atomic E-state index is 5.44. The van der Waals surface area contributed by atoms with Gasteiger partial charge in [-0.1, -0.05) is 29.8 Å². The number of hydrogen-bond donors (Lipinski definition) is 2. The van der Waals surface area contributed by atoms with E-state index in [2.05, 4.69) is 80.9 Å². The Morgan fingerprint density at radius 2 is 1.63 bits per heavy atom. The first-order valence-electron chi connectivity index (χ1n) is 10.9. The van der Waals surface area contributed by atoms with Gasteiger partial charge in [-0.2, -0.15) is 0 Å². The van der Waals surface area contributed by atoms with Gasteiger partial charge in [0.1, 0.15) is 0 Å². The molecule has 0 bridgehead atoms. The lowest BCUT2D eigenvalue weighted by Gasteiger charge is -2.29. The number of aliphatic imine (C=N–C) groups is 1. The fourth-order valence-electron chi connectivity index (χ4n) is 4.09. The third kappa shape index (κ3) is 5.25. The van der Waals surface area contributed by atoms with Gasteiger partial charge >= 0.3 is 0 Å². The van der Waals surface area contributed by atoms with Gasteiger partial charge in [0.2, 0.25) is 0 Å². The number of nitrogens with zero attached hydrogens (tertiary/aromatic N) is 3. The molecule has 160 valence electrons. The van der Waals surface area contributed by atoms with Crippen LogP contribution in [0.1, 0.15) is 17.5 Å². The van der Waals surface area contributed by atoms with Gasteiger partial charge in [0.05, 0.1) is 13.2 Å². The lowest BCUT2D eigenvalue weighted by atomic mass is 10.2. The van der Waals surface area contributed by atoms with Crippen LogP contribution in [-0.2, 0) is 11.3 Å². The highest BCUT2D eigenvalue weighted by atomic mass is 16.5. The summed E-state index contributed by atoms with van der Waals surface area (Å²) < 4.78 is 5.44. The van der Waals surface area contributed by atoms with Gasteiger partial charge in [-0.05, 0) is 43.2 Å². The fourth-order valence-corrected chi connectivity index (χ4v) is 4.09. The summed E-state index contributed by atoms with van der Waals surface area (Å²) in [5.41, 5.74) is 5.12. The van der Waals surface area contributed by atoms with E-state index in [0.717, 1.165) is 58.3 Å². The monoisotopic (exact) mass is 407 g/mol. The van der Waals surface area contributed by atoms with Crippen molar-refractivity contribution in [2.24, 2.45) is 4.99 Å². The molecule has 0 spiro atoms. The number of benzene rings is 2. The number of morpholine rings is 1. The maximum Gasteiger partial charge on any atom is 0.191 e. The Kier molecular flexibility index (Phi) is 6.74. The molecule has 4 rings (SSSR count). The second kappa shape index (κ2) is 9.85. The van der Waals surface area contributed by atoms with Crippen molar-refractivity contribution in [3.05, 3.63) is 59.7 Å². The molecule has 0 saturated carbocycles. The third-order valence-corrected chi connectivity index (χ3v) is 5.92. The van der Waals surface area contributed by atoms with Gasteiger partial charge in [-0.25, -0.2) is 0 Å². The van der Waals surface area contributed by atoms with Crippen molar-refractivity contribution in [3.8, 4) is 0 Å². The molecule has 1 unspecified atom stereocenters. The number of ether oxygens (including phenoxy) is 1. The van der Waals surface area contributed by atoms with Crippen molar-refractivity contribution in [1.29, 1.82) is 0 Å². The normalized spacial score (nSPS) is 19.8. The molecule has 0 aromatic heterocycles. The molecule has 2 aromatic carbocycles. The van der Waals surface area contributed by atoms with Crippen molar-refractivity contribution in [2.45, 2.75) is 25.9 Å². The Hall–Kier alpha value is -2.73. The van der Waals surface area contributed by atoms with Crippen LogP contribution >= 0.6 is 0 Å². The van der Waals surface area contributed by atoms with Gasteiger partial charge in [0, 0.05) is 57.2 Å². The van der Waals surface area contributed by atoms with Crippen LogP contribution in [0.15, 0.2) is 53.5 Å². The number of hydrogen-bond acceptors (Lipinski definition) is 4. The van der Waals surface area contributed by atoms with E-state index in [1.807, 2.05) is 7.05 Å². The smallest absolute Gasteiger partial charge is 0.191 e. The Labute approximate surface area is 179 Å². The van der Waals surface area contributed by atoms with Crippen molar-refractivity contribution in [2.75, 3.05) is 56.2 Å². The number of anilines is 2. The summed E-state index contributed by atoms with van der Waals surface area (Å²) in [6, 6.07) is 18.0. The molecular weight excluding hydrogens is 374 g/mol. The van der Waals surface area contributed by atoms with Crippen LogP contribution in [0.4, 0.5) is 11.4 Å². The number of rotatable bonds is 5. The quantitative estimate of drug-likeness (QED) is 0.590. The Balaban J connectivity index is 1.25. The van der Waals surface area contributed by atoms with Crippen LogP contribution in [0.2, 0.25) is 0 Å². The van der Waals surface area contributed by atoms with E-state index in [1.165, 1.54) is 22.5 Å². The number of guanidine groups is 1. The van der Waals surface area contributed by atoms with E-state index >= 15 is 0 Å². The molecule has 2 N–H and O–H groups in total. The summed E-state index contributed by atoms with van der Waals surface area (Å²) in [7, 11) is 1.84. The zero-order valence-corrected chi connectivity index (χ0v) is 18.1. The average Bonchev–Trinajstić information content (AvgIpc) is 3.26. The molecule has 2 fully saturated rings. The van der Waals surface area contributed by atoms with Crippen LogP contribution in [0.5, 0.6) is 0 Å². The minimum Gasteiger partial charge on any atom is -0.378 e. The SMILES string of the molecule is CN=C(NCc1ccc(N2CCOCC2)cc1)NC1CCN(c2ccc(C)cc2)C1. The first kappa shape index (κ1) is 20.5. The highest BCUT2D eigenvalue weighted by molar-refractivity contribution is 5.80. The Bertz CT molecular complexity index is 828. The van der Waals surface area contributed by atoms with Gasteiger partial charge in [0.15, 0.2) is 5.96 Å². The lowest BCUT2D eigenvalue weighted by molar-refractivity contribution is 0.122. The molecule has 30 heavy (non-hydrogen) atoms. The zero-order valence-electron chi connectivity index (χ0n) is 18.1. The van der Waals surface area contributed by atoms with Gasteiger partial charge in [-0.15, -0.1) is 0 Å². The van der Waals surface area contributed by atoms with Crippen LogP contribution < -0.4 is 20.4 Å². The summed E-state index contributed by atoms with van der Waals surface area (Å²) in [5, 5.41) is 7.05. The predicted molar refractivity (Wildman–Crippen MR) is 125 cm³/mol. The van der Waals surface area contributed by atoms with E-state index in [0.29, 0.717) is 6.04 Å². The topological polar surface area (TPSA) is 52.1 Å². The van der Waals surface area contributed by atoms with Crippen LogP contribution in [-0.4, -0.2) is 58.4 Å². The minimum atomic E-state index is 0.404. The second-order valence-corrected chi connectivity index (χ2v) is 8.10. The van der Waals surface area contributed by atoms with E-state index in [9.17, 15) is 0 Å². The molecule has 6 heteroatoms. The summed E-state index contributed by atoms with van der Waals surface area (Å²) in [6.07, 6.45) is 1.11. The van der Waals surface area contributed by atoms with E-state index in [-0.39, 0.29) is 0 Å². The van der Waals surface area contributed by atoms with E-state index < -0.39 is 0 Å². The van der Waals surface area contributed by atoms with Gasteiger partial charge < -0.3 is 25.2 Å². The zero-order chi connectivity index (χ0) is 20.8. The van der Waals surface area contributed by atoms with Crippen molar-refractivity contribution >= 4 is 17.3 Å². The van der Waals surface area contributed by atoms with E-state index in [4.69, 9.17) is 4.74 Å². The summed E-state index contributed by atoms with van der Waals surface area (Å²) in [6.45, 7) is 8.52. The molecule has 2 aliphatic heterocycles. The molecule has 2 aliphatic rings. The van der Waals surface area contributed by atoms with Crippen LogP contribution in [0.25, 0.3) is 0 Å². The summed E-state index contributed by atoms with van der Waals surface area (Å²) in [5.74, 6) is 0.864. The number of aryl methyl sites for hydroxylation is 1. The molecule has 6 nitrogen and oxygen atoms in total. The highest BCUT2D eigenvalue weighted by Gasteiger charge is 2.23. The molecule has 0 aliphatic carbocycles. The highest BCUT2D eigenvalue weighted by Crippen LogP contribution is 2.21. The second-order valence-electron chi connectivity index (χ2n) is 8.10. The molecular formula is C24H33N5O. The molecule has 2 saturated heterocycles. The maximum atomic E-state index is 5.44.